The maximum absolute atomic E-state index is 10.7. The lowest BCUT2D eigenvalue weighted by Crippen LogP contribution is -1.95. The summed E-state index contributed by atoms with van der Waals surface area (Å²) in [6.07, 6.45) is 4.51. The van der Waals surface area contributed by atoms with Crippen molar-refractivity contribution in [1.82, 2.24) is 0 Å². The lowest BCUT2D eigenvalue weighted by atomic mass is 10.1. The van der Waals surface area contributed by atoms with Crippen molar-refractivity contribution < 1.29 is 9.72 Å². The second-order valence-electron chi connectivity index (χ2n) is 3.61. The zero-order chi connectivity index (χ0) is 13.5. The number of nitrogen functional groups attached to an aromatic ring is 1. The Balaban J connectivity index is 2.58. The van der Waals surface area contributed by atoms with Gasteiger partial charge in [0, 0.05) is 18.7 Å². The summed E-state index contributed by atoms with van der Waals surface area (Å²) in [5.74, 6) is 0.730. The molecule has 0 aromatic heterocycles. The number of nitro groups is 1. The van der Waals surface area contributed by atoms with Crippen molar-refractivity contribution in [2.24, 2.45) is 0 Å². The van der Waals surface area contributed by atoms with Gasteiger partial charge in [-0.15, -0.1) is 0 Å². The number of nitrogens with zero attached hydrogens (tertiary/aromatic N) is 1. The van der Waals surface area contributed by atoms with Gasteiger partial charge in [0.2, 0.25) is 0 Å². The number of thioether (sulfide) groups is 1. The molecule has 0 spiro atoms. The molecule has 0 aliphatic rings. The highest BCUT2D eigenvalue weighted by molar-refractivity contribution is 8.13. The normalized spacial score (nSPS) is 10.7. The molecule has 0 unspecified atom stereocenters. The molecule has 2 N–H and O–H groups in total. The van der Waals surface area contributed by atoms with Crippen LogP contribution < -0.4 is 5.73 Å². The van der Waals surface area contributed by atoms with Crippen LogP contribution in [0, 0.1) is 10.1 Å². The summed E-state index contributed by atoms with van der Waals surface area (Å²) in [7, 11) is 0. The van der Waals surface area contributed by atoms with Crippen LogP contribution in [0.25, 0.3) is 6.08 Å². The van der Waals surface area contributed by atoms with Gasteiger partial charge in [0.05, 0.1) is 4.92 Å². The molecule has 5 nitrogen and oxygen atoms in total. The van der Waals surface area contributed by atoms with Crippen molar-refractivity contribution in [2.75, 3.05) is 11.5 Å². The first kappa shape index (κ1) is 14.2. The molecule has 18 heavy (non-hydrogen) atoms. The van der Waals surface area contributed by atoms with E-state index in [4.69, 9.17) is 5.73 Å². The molecular formula is C12H14N2O3S. The van der Waals surface area contributed by atoms with Gasteiger partial charge in [-0.3, -0.25) is 14.9 Å². The predicted octanol–water partition coefficient (Wildman–Crippen LogP) is 2.86. The van der Waals surface area contributed by atoms with Crippen LogP contribution in [0.3, 0.4) is 0 Å². The molecule has 0 atom stereocenters. The van der Waals surface area contributed by atoms with E-state index in [9.17, 15) is 14.9 Å². The molecule has 0 saturated heterocycles. The molecule has 96 valence electrons. The van der Waals surface area contributed by atoms with E-state index < -0.39 is 4.92 Å². The number of hydrogen-bond acceptors (Lipinski definition) is 5. The Morgan fingerprint density at radius 1 is 1.56 bits per heavy atom. The Morgan fingerprint density at radius 2 is 2.28 bits per heavy atom. The lowest BCUT2D eigenvalue weighted by Gasteiger charge is -1.98. The fourth-order valence-corrected chi connectivity index (χ4v) is 1.87. The Morgan fingerprint density at radius 3 is 2.83 bits per heavy atom. The maximum atomic E-state index is 10.7. The van der Waals surface area contributed by atoms with E-state index in [1.807, 2.05) is 12.2 Å². The number of nitro benzene ring substituents is 1. The van der Waals surface area contributed by atoms with Crippen molar-refractivity contribution in [2.45, 2.75) is 13.3 Å². The highest BCUT2D eigenvalue weighted by atomic mass is 32.2. The molecule has 0 fully saturated rings. The summed E-state index contributed by atoms with van der Waals surface area (Å²) in [6.45, 7) is 1.53. The molecule has 6 heteroatoms. The molecule has 0 saturated carbocycles. The van der Waals surface area contributed by atoms with Gasteiger partial charge >= 0.3 is 0 Å². The predicted molar refractivity (Wildman–Crippen MR) is 74.3 cm³/mol. The number of nitrogens with two attached hydrogens (primary N) is 1. The highest BCUT2D eigenvalue weighted by Gasteiger charge is 2.09. The number of carbonyl (C=O) groups is 1. The van der Waals surface area contributed by atoms with Gasteiger partial charge in [-0.2, -0.15) is 0 Å². The third-order valence-electron chi connectivity index (χ3n) is 2.15. The first-order valence-electron chi connectivity index (χ1n) is 5.34. The summed E-state index contributed by atoms with van der Waals surface area (Å²) in [6, 6.07) is 4.59. The van der Waals surface area contributed by atoms with Gasteiger partial charge in [0.1, 0.15) is 5.69 Å². The van der Waals surface area contributed by atoms with E-state index in [2.05, 4.69) is 0 Å². The van der Waals surface area contributed by atoms with Crippen LogP contribution in [0.5, 0.6) is 0 Å². The fourth-order valence-electron chi connectivity index (χ4n) is 1.33. The summed E-state index contributed by atoms with van der Waals surface area (Å²) < 4.78 is 0. The van der Waals surface area contributed by atoms with Crippen LogP contribution >= 0.6 is 11.8 Å². The molecule has 0 aliphatic heterocycles. The van der Waals surface area contributed by atoms with Crippen molar-refractivity contribution in [3.8, 4) is 0 Å². The Bertz CT molecular complexity index is 486. The van der Waals surface area contributed by atoms with Crippen molar-refractivity contribution >= 4 is 34.3 Å². The molecular weight excluding hydrogens is 252 g/mol. The fraction of sp³-hybridized carbons (Fsp3) is 0.250. The summed E-state index contributed by atoms with van der Waals surface area (Å²) in [4.78, 5) is 20.7. The van der Waals surface area contributed by atoms with E-state index in [0.29, 0.717) is 0 Å². The minimum absolute atomic E-state index is 0.0840. The molecule has 0 bridgehead atoms. The lowest BCUT2D eigenvalue weighted by molar-refractivity contribution is -0.383. The first-order chi connectivity index (χ1) is 8.50. The van der Waals surface area contributed by atoms with Crippen LogP contribution in [0.1, 0.15) is 18.9 Å². The summed E-state index contributed by atoms with van der Waals surface area (Å²) in [5, 5.41) is 10.7. The minimum Gasteiger partial charge on any atom is -0.393 e. The molecule has 0 heterocycles. The topological polar surface area (TPSA) is 86.2 Å². The number of hydrogen-bond donors (Lipinski definition) is 1. The van der Waals surface area contributed by atoms with Crippen molar-refractivity contribution in [3.63, 3.8) is 0 Å². The zero-order valence-electron chi connectivity index (χ0n) is 9.96. The number of benzene rings is 1. The monoisotopic (exact) mass is 266 g/mol. The Hall–Kier alpha value is -1.82. The van der Waals surface area contributed by atoms with Gasteiger partial charge in [-0.1, -0.05) is 23.9 Å². The largest absolute Gasteiger partial charge is 0.393 e. The first-order valence-corrected chi connectivity index (χ1v) is 6.33. The smallest absolute Gasteiger partial charge is 0.292 e. The SMILES string of the molecule is CC(=O)SCCC=Cc1ccc([N+](=O)[O-])c(N)c1. The van der Waals surface area contributed by atoms with E-state index >= 15 is 0 Å². The number of carbonyl (C=O) groups excluding carboxylic acids is 1. The molecule has 1 aromatic rings. The molecule has 0 radical (unpaired) electrons. The van der Waals surface area contributed by atoms with E-state index in [1.165, 1.54) is 24.8 Å². The third kappa shape index (κ3) is 4.58. The minimum atomic E-state index is -0.508. The average molecular weight is 266 g/mol. The summed E-state index contributed by atoms with van der Waals surface area (Å²) >= 11 is 1.27. The molecule has 0 aliphatic carbocycles. The average Bonchev–Trinajstić information content (AvgIpc) is 2.27. The van der Waals surface area contributed by atoms with Gasteiger partial charge in [0.25, 0.3) is 5.69 Å². The van der Waals surface area contributed by atoms with Crippen molar-refractivity contribution in [3.05, 3.63) is 40.0 Å². The van der Waals surface area contributed by atoms with Gasteiger partial charge in [-0.25, -0.2) is 0 Å². The Kier molecular flexibility index (Phi) is 5.38. The van der Waals surface area contributed by atoms with Gasteiger partial charge in [0.15, 0.2) is 5.12 Å². The maximum Gasteiger partial charge on any atom is 0.292 e. The highest BCUT2D eigenvalue weighted by Crippen LogP contribution is 2.22. The second kappa shape index (κ2) is 6.80. The van der Waals surface area contributed by atoms with Crippen LogP contribution in [-0.4, -0.2) is 15.8 Å². The number of allylic oxidation sites excluding steroid dienone is 1. The van der Waals surface area contributed by atoms with Crippen LogP contribution in [0.15, 0.2) is 24.3 Å². The second-order valence-corrected chi connectivity index (χ2v) is 4.88. The number of rotatable bonds is 5. The third-order valence-corrected chi connectivity index (χ3v) is 2.99. The van der Waals surface area contributed by atoms with E-state index in [1.54, 1.807) is 12.1 Å². The molecule has 1 aromatic carbocycles. The van der Waals surface area contributed by atoms with Crippen molar-refractivity contribution in [1.29, 1.82) is 0 Å². The zero-order valence-corrected chi connectivity index (χ0v) is 10.8. The Labute approximate surface area is 109 Å². The van der Waals surface area contributed by atoms with Crippen LogP contribution in [0.2, 0.25) is 0 Å². The van der Waals surface area contributed by atoms with E-state index in [0.717, 1.165) is 17.7 Å². The molecule has 0 amide bonds. The number of anilines is 1. The summed E-state index contributed by atoms with van der Waals surface area (Å²) in [5.41, 5.74) is 6.45. The van der Waals surface area contributed by atoms with E-state index in [-0.39, 0.29) is 16.5 Å². The van der Waals surface area contributed by atoms with Crippen LogP contribution in [-0.2, 0) is 4.79 Å². The molecule has 1 rings (SSSR count). The van der Waals surface area contributed by atoms with Crippen LogP contribution in [0.4, 0.5) is 11.4 Å². The standard InChI is InChI=1S/C12H14N2O3S/c1-9(15)18-7-3-2-4-10-5-6-12(14(16)17)11(13)8-10/h2,4-6,8H,3,7,13H2,1H3. The van der Waals surface area contributed by atoms with Gasteiger partial charge in [-0.05, 0) is 24.1 Å². The van der Waals surface area contributed by atoms with Gasteiger partial charge < -0.3 is 5.73 Å². The quantitative estimate of drug-likeness (QED) is 0.383.